The molecule has 1 N–H and O–H groups in total. The molecule has 0 radical (unpaired) electrons. The minimum absolute atomic E-state index is 0.124. The summed E-state index contributed by atoms with van der Waals surface area (Å²) in [6.45, 7) is 0.137. The monoisotopic (exact) mass is 210 g/mol. The zero-order valence-electron chi connectivity index (χ0n) is 7.52. The smallest absolute Gasteiger partial charge is 0.303 e. The molecule has 0 saturated carbocycles. The van der Waals surface area contributed by atoms with Gasteiger partial charge in [-0.15, -0.1) is 0 Å². The molecular weight excluding hydrogens is 196 g/mol. The summed E-state index contributed by atoms with van der Waals surface area (Å²) >= 11 is 0. The van der Waals surface area contributed by atoms with Gasteiger partial charge in [0, 0.05) is 6.42 Å². The zero-order valence-corrected chi connectivity index (χ0v) is 8.34. The second-order valence-electron chi connectivity index (χ2n) is 2.73. The van der Waals surface area contributed by atoms with E-state index in [1.807, 2.05) is 0 Å². The van der Waals surface area contributed by atoms with E-state index in [2.05, 4.69) is 4.18 Å². The molecule has 0 bridgehead atoms. The molecule has 0 amide bonds. The second-order valence-corrected chi connectivity index (χ2v) is 4.37. The number of aliphatic carboxylic acids is 1. The third kappa shape index (κ3) is 11.4. The van der Waals surface area contributed by atoms with Gasteiger partial charge in [-0.3, -0.25) is 8.98 Å². The third-order valence-electron chi connectivity index (χ3n) is 1.33. The van der Waals surface area contributed by atoms with Crippen molar-refractivity contribution in [1.29, 1.82) is 0 Å². The van der Waals surface area contributed by atoms with E-state index in [1.165, 1.54) is 0 Å². The minimum Gasteiger partial charge on any atom is -0.481 e. The number of unbranched alkanes of at least 4 members (excludes halogenated alkanes) is 2. The van der Waals surface area contributed by atoms with Gasteiger partial charge in [0.2, 0.25) is 0 Å². The summed E-state index contributed by atoms with van der Waals surface area (Å²) < 4.78 is 25.4. The SMILES string of the molecule is CS(=O)(=O)OCCCCCC(=O)O. The number of hydrogen-bond acceptors (Lipinski definition) is 4. The Morgan fingerprint density at radius 2 is 1.92 bits per heavy atom. The average Bonchev–Trinajstić information content (AvgIpc) is 1.93. The van der Waals surface area contributed by atoms with Gasteiger partial charge >= 0.3 is 5.97 Å². The third-order valence-corrected chi connectivity index (χ3v) is 1.93. The number of carbonyl (C=O) groups is 1. The van der Waals surface area contributed by atoms with Crippen LogP contribution in [0.25, 0.3) is 0 Å². The first-order valence-corrected chi connectivity index (χ1v) is 5.79. The quantitative estimate of drug-likeness (QED) is 0.491. The van der Waals surface area contributed by atoms with Crippen molar-refractivity contribution in [3.05, 3.63) is 0 Å². The molecular formula is C7H14O5S. The molecule has 0 rings (SSSR count). The predicted molar refractivity (Wildman–Crippen MR) is 46.9 cm³/mol. The van der Waals surface area contributed by atoms with E-state index in [9.17, 15) is 13.2 Å². The topological polar surface area (TPSA) is 80.7 Å². The van der Waals surface area contributed by atoms with Crippen LogP contribution in [0.1, 0.15) is 25.7 Å². The fourth-order valence-corrected chi connectivity index (χ4v) is 1.19. The van der Waals surface area contributed by atoms with Gasteiger partial charge in [-0.2, -0.15) is 8.42 Å². The summed E-state index contributed by atoms with van der Waals surface area (Å²) in [5.41, 5.74) is 0. The van der Waals surface area contributed by atoms with Crippen molar-refractivity contribution in [3.8, 4) is 0 Å². The Labute approximate surface area is 77.8 Å². The van der Waals surface area contributed by atoms with Gasteiger partial charge in [-0.1, -0.05) is 6.42 Å². The lowest BCUT2D eigenvalue weighted by Gasteiger charge is -1.99. The Morgan fingerprint density at radius 3 is 2.38 bits per heavy atom. The summed E-state index contributed by atoms with van der Waals surface area (Å²) in [5.74, 6) is -0.830. The standard InChI is InChI=1S/C7H14O5S/c1-13(10,11)12-6-4-2-3-5-7(8)9/h2-6H2,1H3,(H,8,9). The molecule has 0 aromatic rings. The highest BCUT2D eigenvalue weighted by atomic mass is 32.2. The molecule has 0 unspecified atom stereocenters. The van der Waals surface area contributed by atoms with E-state index in [1.54, 1.807) is 0 Å². The lowest BCUT2D eigenvalue weighted by Crippen LogP contribution is -2.04. The summed E-state index contributed by atoms with van der Waals surface area (Å²) in [6.07, 6.45) is 2.91. The Kier molecular flexibility index (Phi) is 5.65. The molecule has 0 aromatic heterocycles. The highest BCUT2D eigenvalue weighted by molar-refractivity contribution is 7.85. The van der Waals surface area contributed by atoms with E-state index in [-0.39, 0.29) is 13.0 Å². The fourth-order valence-electron chi connectivity index (χ4n) is 0.765. The fraction of sp³-hybridized carbons (Fsp3) is 0.857. The zero-order chi connectivity index (χ0) is 10.3. The van der Waals surface area contributed by atoms with Crippen LogP contribution >= 0.6 is 0 Å². The maximum Gasteiger partial charge on any atom is 0.303 e. The van der Waals surface area contributed by atoms with Crippen LogP contribution in [0.2, 0.25) is 0 Å². The van der Waals surface area contributed by atoms with Gasteiger partial charge in [-0.05, 0) is 12.8 Å². The molecule has 0 spiro atoms. The molecule has 0 fully saturated rings. The van der Waals surface area contributed by atoms with Gasteiger partial charge in [0.15, 0.2) is 0 Å². The maximum absolute atomic E-state index is 10.5. The molecule has 6 heteroatoms. The lowest BCUT2D eigenvalue weighted by molar-refractivity contribution is -0.137. The highest BCUT2D eigenvalue weighted by Crippen LogP contribution is 2.01. The van der Waals surface area contributed by atoms with Crippen molar-refractivity contribution in [2.75, 3.05) is 12.9 Å². The number of carboxylic acids is 1. The van der Waals surface area contributed by atoms with Crippen LogP contribution < -0.4 is 0 Å². The van der Waals surface area contributed by atoms with Gasteiger partial charge < -0.3 is 5.11 Å². The van der Waals surface area contributed by atoms with Crippen LogP contribution in [0.4, 0.5) is 0 Å². The Bertz CT molecular complexity index is 244. The molecule has 0 aliphatic rings. The van der Waals surface area contributed by atoms with Crippen molar-refractivity contribution in [2.24, 2.45) is 0 Å². The minimum atomic E-state index is -3.34. The van der Waals surface area contributed by atoms with Crippen molar-refractivity contribution in [2.45, 2.75) is 25.7 Å². The van der Waals surface area contributed by atoms with Gasteiger partial charge in [0.1, 0.15) is 0 Å². The van der Waals surface area contributed by atoms with E-state index in [0.29, 0.717) is 19.3 Å². The van der Waals surface area contributed by atoms with Crippen LogP contribution in [0.3, 0.4) is 0 Å². The average molecular weight is 210 g/mol. The molecule has 0 atom stereocenters. The second kappa shape index (κ2) is 5.93. The van der Waals surface area contributed by atoms with E-state index in [0.717, 1.165) is 6.26 Å². The number of hydrogen-bond donors (Lipinski definition) is 1. The van der Waals surface area contributed by atoms with Crippen LogP contribution in [0, 0.1) is 0 Å². The normalized spacial score (nSPS) is 11.5. The first kappa shape index (κ1) is 12.4. The Balaban J connectivity index is 3.23. The van der Waals surface area contributed by atoms with Crippen LogP contribution in [-0.2, 0) is 19.1 Å². The van der Waals surface area contributed by atoms with Crippen molar-refractivity contribution < 1.29 is 22.5 Å². The maximum atomic E-state index is 10.5. The molecule has 0 aliphatic carbocycles. The first-order chi connectivity index (χ1) is 5.92. The predicted octanol–water partition coefficient (Wildman–Crippen LogP) is 0.608. The van der Waals surface area contributed by atoms with Crippen LogP contribution in [-0.4, -0.2) is 32.4 Å². The molecule has 0 aromatic carbocycles. The molecule has 13 heavy (non-hydrogen) atoms. The summed E-state index contributed by atoms with van der Waals surface area (Å²) in [4.78, 5) is 10.1. The Hall–Kier alpha value is -0.620. The van der Waals surface area contributed by atoms with Crippen molar-refractivity contribution >= 4 is 16.1 Å². The van der Waals surface area contributed by atoms with Gasteiger partial charge in [-0.25, -0.2) is 0 Å². The largest absolute Gasteiger partial charge is 0.481 e. The number of carboxylic acid groups (broad SMARTS) is 1. The van der Waals surface area contributed by atoms with E-state index >= 15 is 0 Å². The van der Waals surface area contributed by atoms with E-state index < -0.39 is 16.1 Å². The summed E-state index contributed by atoms with van der Waals surface area (Å²) in [6, 6.07) is 0. The van der Waals surface area contributed by atoms with Crippen molar-refractivity contribution in [1.82, 2.24) is 0 Å². The Morgan fingerprint density at radius 1 is 1.31 bits per heavy atom. The van der Waals surface area contributed by atoms with Gasteiger partial charge in [0.25, 0.3) is 10.1 Å². The van der Waals surface area contributed by atoms with E-state index in [4.69, 9.17) is 5.11 Å². The van der Waals surface area contributed by atoms with Gasteiger partial charge in [0.05, 0.1) is 12.9 Å². The summed E-state index contributed by atoms with van der Waals surface area (Å²) in [7, 11) is -3.34. The molecule has 0 heterocycles. The molecule has 0 saturated heterocycles. The molecule has 5 nitrogen and oxygen atoms in total. The summed E-state index contributed by atoms with van der Waals surface area (Å²) in [5, 5.41) is 8.27. The van der Waals surface area contributed by atoms with Crippen LogP contribution in [0.15, 0.2) is 0 Å². The highest BCUT2D eigenvalue weighted by Gasteiger charge is 2.01. The molecule has 78 valence electrons. The van der Waals surface area contributed by atoms with Crippen molar-refractivity contribution in [3.63, 3.8) is 0 Å². The molecule has 0 aliphatic heterocycles. The van der Waals surface area contributed by atoms with Crippen LogP contribution in [0.5, 0.6) is 0 Å². The lowest BCUT2D eigenvalue weighted by atomic mass is 10.2. The first-order valence-electron chi connectivity index (χ1n) is 3.98. The number of rotatable bonds is 7.